The van der Waals surface area contributed by atoms with Crippen LogP contribution in [-0.2, 0) is 4.74 Å². The molecule has 7 nitrogen and oxygen atoms in total. The van der Waals surface area contributed by atoms with E-state index in [-0.39, 0.29) is 11.5 Å². The predicted octanol–water partition coefficient (Wildman–Crippen LogP) is 1.82. The van der Waals surface area contributed by atoms with Crippen LogP contribution >= 0.6 is 12.2 Å². The van der Waals surface area contributed by atoms with Crippen LogP contribution in [0.4, 0.5) is 8.78 Å². The Balaban J connectivity index is 1.83. The van der Waals surface area contributed by atoms with Gasteiger partial charge in [-0.2, -0.15) is 13.9 Å². The molecular formula is C17H24F2N4O3S. The Morgan fingerprint density at radius 2 is 2.07 bits per heavy atom. The maximum Gasteiger partial charge on any atom is 0.387 e. The number of ether oxygens (including phenoxy) is 3. The van der Waals surface area contributed by atoms with Crippen molar-refractivity contribution in [2.45, 2.75) is 13.5 Å². The summed E-state index contributed by atoms with van der Waals surface area (Å²) in [6, 6.07) is 4.61. The number of thiocarbonyl (C=S) groups is 1. The zero-order valence-corrected chi connectivity index (χ0v) is 16.2. The van der Waals surface area contributed by atoms with Crippen molar-refractivity contribution >= 4 is 23.0 Å². The highest BCUT2D eigenvalue weighted by molar-refractivity contribution is 7.80. The Bertz CT molecular complexity index is 655. The third kappa shape index (κ3) is 7.24. The molecule has 27 heavy (non-hydrogen) atoms. The van der Waals surface area contributed by atoms with Crippen LogP contribution in [0.3, 0.4) is 0 Å². The van der Waals surface area contributed by atoms with Gasteiger partial charge < -0.3 is 19.5 Å². The fourth-order valence-corrected chi connectivity index (χ4v) is 2.62. The van der Waals surface area contributed by atoms with Gasteiger partial charge in [0.15, 0.2) is 16.6 Å². The van der Waals surface area contributed by atoms with Gasteiger partial charge in [-0.1, -0.05) is 0 Å². The van der Waals surface area contributed by atoms with Gasteiger partial charge in [0.05, 0.1) is 26.0 Å². The largest absolute Gasteiger partial charge is 0.493 e. The summed E-state index contributed by atoms with van der Waals surface area (Å²) in [5.41, 5.74) is 4.09. The minimum Gasteiger partial charge on any atom is -0.493 e. The smallest absolute Gasteiger partial charge is 0.387 e. The number of benzene rings is 1. The molecule has 0 aliphatic carbocycles. The van der Waals surface area contributed by atoms with Gasteiger partial charge in [-0.25, -0.2) is 0 Å². The first-order chi connectivity index (χ1) is 13.0. The molecule has 0 saturated carbocycles. The minimum atomic E-state index is -2.91. The lowest BCUT2D eigenvalue weighted by Crippen LogP contribution is -2.42. The molecule has 0 radical (unpaired) electrons. The van der Waals surface area contributed by atoms with Crippen molar-refractivity contribution < 1.29 is 23.0 Å². The third-order valence-corrected chi connectivity index (χ3v) is 4.18. The van der Waals surface area contributed by atoms with Gasteiger partial charge in [0.2, 0.25) is 0 Å². The highest BCUT2D eigenvalue weighted by Crippen LogP contribution is 2.29. The number of hydrogen-bond acceptors (Lipinski definition) is 6. The van der Waals surface area contributed by atoms with Crippen LogP contribution in [0.5, 0.6) is 11.5 Å². The molecule has 0 amide bonds. The minimum absolute atomic E-state index is 0.0303. The Morgan fingerprint density at radius 3 is 2.74 bits per heavy atom. The normalized spacial score (nSPS) is 15.5. The van der Waals surface area contributed by atoms with E-state index in [1.165, 1.54) is 13.2 Å². The predicted molar refractivity (Wildman–Crippen MR) is 103 cm³/mol. The van der Waals surface area contributed by atoms with E-state index in [4.69, 9.17) is 21.7 Å². The van der Waals surface area contributed by atoms with E-state index in [9.17, 15) is 8.78 Å². The molecule has 1 aliphatic heterocycles. The Kier molecular flexibility index (Phi) is 8.62. The van der Waals surface area contributed by atoms with E-state index in [0.29, 0.717) is 22.9 Å². The van der Waals surface area contributed by atoms with E-state index < -0.39 is 6.61 Å². The fourth-order valence-electron chi connectivity index (χ4n) is 2.48. The van der Waals surface area contributed by atoms with Crippen LogP contribution in [0.2, 0.25) is 0 Å². The van der Waals surface area contributed by atoms with Crippen LogP contribution in [0.25, 0.3) is 0 Å². The first-order valence-electron chi connectivity index (χ1n) is 8.51. The van der Waals surface area contributed by atoms with Crippen molar-refractivity contribution in [2.24, 2.45) is 5.10 Å². The Labute approximate surface area is 162 Å². The standard InChI is InChI=1S/C17H24F2N4O3S/c1-12(13-3-4-14(26-16(18)19)15(11-13)24-2)21-22-17(27)20-5-6-23-7-9-25-10-8-23/h3-4,11,16H,5-10H2,1-2H3,(H2,20,22,27)/b21-12-. The molecule has 0 unspecified atom stereocenters. The van der Waals surface area contributed by atoms with Crippen molar-refractivity contribution in [1.29, 1.82) is 0 Å². The third-order valence-electron chi connectivity index (χ3n) is 3.94. The maximum absolute atomic E-state index is 12.4. The van der Waals surface area contributed by atoms with Gasteiger partial charge in [0.1, 0.15) is 0 Å². The van der Waals surface area contributed by atoms with Gasteiger partial charge in [-0.05, 0) is 37.3 Å². The number of rotatable bonds is 8. The van der Waals surface area contributed by atoms with Gasteiger partial charge >= 0.3 is 6.61 Å². The second-order valence-electron chi connectivity index (χ2n) is 5.76. The summed E-state index contributed by atoms with van der Waals surface area (Å²) in [5.74, 6) is 0.172. The van der Waals surface area contributed by atoms with Gasteiger partial charge in [-0.15, -0.1) is 0 Å². The van der Waals surface area contributed by atoms with E-state index >= 15 is 0 Å². The van der Waals surface area contributed by atoms with Crippen LogP contribution in [0.1, 0.15) is 12.5 Å². The van der Waals surface area contributed by atoms with Crippen LogP contribution in [0.15, 0.2) is 23.3 Å². The van der Waals surface area contributed by atoms with E-state index in [1.807, 2.05) is 0 Å². The second kappa shape index (κ2) is 11.0. The summed E-state index contributed by atoms with van der Waals surface area (Å²) in [6.45, 7) is 3.80. The molecule has 1 aromatic rings. The monoisotopic (exact) mass is 402 g/mol. The number of halogens is 2. The molecule has 0 atom stereocenters. The lowest BCUT2D eigenvalue weighted by Gasteiger charge is -2.26. The maximum atomic E-state index is 12.4. The number of nitrogens with one attached hydrogen (secondary N) is 2. The number of alkyl halides is 2. The number of methoxy groups -OCH3 is 1. The first-order valence-corrected chi connectivity index (χ1v) is 8.92. The number of hydrogen-bond donors (Lipinski definition) is 2. The molecule has 1 fully saturated rings. The number of nitrogens with zero attached hydrogens (tertiary/aromatic N) is 2. The van der Waals surface area contributed by atoms with Crippen molar-refractivity contribution in [3.05, 3.63) is 23.8 Å². The lowest BCUT2D eigenvalue weighted by molar-refractivity contribution is -0.0512. The molecule has 0 bridgehead atoms. The summed E-state index contributed by atoms with van der Waals surface area (Å²) < 4.78 is 39.6. The molecule has 1 saturated heterocycles. The molecular weight excluding hydrogens is 378 g/mol. The van der Waals surface area contributed by atoms with Crippen LogP contribution in [0, 0.1) is 0 Å². The molecule has 2 N–H and O–H groups in total. The highest BCUT2D eigenvalue weighted by Gasteiger charge is 2.12. The van der Waals surface area contributed by atoms with Crippen LogP contribution < -0.4 is 20.2 Å². The van der Waals surface area contributed by atoms with Crippen molar-refractivity contribution in [3.8, 4) is 11.5 Å². The summed E-state index contributed by atoms with van der Waals surface area (Å²) in [6.07, 6.45) is 0. The Hall–Kier alpha value is -2.04. The van der Waals surface area contributed by atoms with Gasteiger partial charge in [0.25, 0.3) is 0 Å². The second-order valence-corrected chi connectivity index (χ2v) is 6.17. The summed E-state index contributed by atoms with van der Waals surface area (Å²) in [4.78, 5) is 2.29. The van der Waals surface area contributed by atoms with E-state index in [2.05, 4.69) is 25.5 Å². The quantitative estimate of drug-likeness (QED) is 0.391. The van der Waals surface area contributed by atoms with Gasteiger partial charge in [-0.3, -0.25) is 10.3 Å². The van der Waals surface area contributed by atoms with E-state index in [0.717, 1.165) is 32.8 Å². The number of morpholine rings is 1. The summed E-state index contributed by atoms with van der Waals surface area (Å²) >= 11 is 5.21. The molecule has 0 aromatic heterocycles. The topological polar surface area (TPSA) is 67.4 Å². The van der Waals surface area contributed by atoms with E-state index in [1.54, 1.807) is 19.1 Å². The molecule has 1 aliphatic rings. The SMILES string of the molecule is COc1cc(/C(C)=N\NC(=S)NCCN2CCOCC2)ccc1OC(F)F. The first kappa shape index (κ1) is 21.3. The number of hydrazone groups is 1. The molecule has 0 spiro atoms. The molecule has 150 valence electrons. The lowest BCUT2D eigenvalue weighted by atomic mass is 10.1. The molecule has 1 heterocycles. The van der Waals surface area contributed by atoms with Crippen molar-refractivity contribution in [2.75, 3.05) is 46.5 Å². The summed E-state index contributed by atoms with van der Waals surface area (Å²) in [7, 11) is 1.38. The average Bonchev–Trinajstić information content (AvgIpc) is 2.66. The average molecular weight is 402 g/mol. The zero-order valence-electron chi connectivity index (χ0n) is 15.3. The van der Waals surface area contributed by atoms with Gasteiger partial charge in [0, 0.05) is 31.7 Å². The highest BCUT2D eigenvalue weighted by atomic mass is 32.1. The molecule has 1 aromatic carbocycles. The van der Waals surface area contributed by atoms with Crippen LogP contribution in [-0.4, -0.2) is 68.8 Å². The van der Waals surface area contributed by atoms with Crippen molar-refractivity contribution in [1.82, 2.24) is 15.6 Å². The van der Waals surface area contributed by atoms with Crippen molar-refractivity contribution in [3.63, 3.8) is 0 Å². The summed E-state index contributed by atoms with van der Waals surface area (Å²) in [5, 5.41) is 7.71. The molecule has 10 heteroatoms. The Morgan fingerprint density at radius 1 is 1.33 bits per heavy atom. The fraction of sp³-hybridized carbons (Fsp3) is 0.529. The molecule has 2 rings (SSSR count). The zero-order chi connectivity index (χ0) is 19.6.